The lowest BCUT2D eigenvalue weighted by molar-refractivity contribution is -0.139. The first-order chi connectivity index (χ1) is 17.9. The van der Waals surface area contributed by atoms with E-state index >= 15 is 0 Å². The molecule has 0 saturated carbocycles. The second kappa shape index (κ2) is 10.4. The summed E-state index contributed by atoms with van der Waals surface area (Å²) >= 11 is 0. The van der Waals surface area contributed by atoms with Crippen LogP contribution >= 0.6 is 0 Å². The zero-order chi connectivity index (χ0) is 27.8. The number of allylic oxidation sites excluding steroid dienone is 1. The Balaban J connectivity index is 1.92. The lowest BCUT2D eigenvalue weighted by Crippen LogP contribution is -2.55. The Kier molecular flexibility index (Phi) is 7.36. The van der Waals surface area contributed by atoms with E-state index in [4.69, 9.17) is 5.73 Å². The van der Waals surface area contributed by atoms with Crippen LogP contribution in [0.3, 0.4) is 0 Å². The summed E-state index contributed by atoms with van der Waals surface area (Å²) in [5.41, 5.74) is 5.84. The van der Waals surface area contributed by atoms with E-state index in [1.165, 1.54) is 13.0 Å². The van der Waals surface area contributed by atoms with Crippen LogP contribution in [0.15, 0.2) is 59.8 Å². The first-order valence-electron chi connectivity index (χ1n) is 11.9. The molecule has 0 bridgehead atoms. The Morgan fingerprint density at radius 1 is 1.05 bits per heavy atom. The van der Waals surface area contributed by atoms with Gasteiger partial charge in [-0.1, -0.05) is 18.2 Å². The highest BCUT2D eigenvalue weighted by Crippen LogP contribution is 2.41. The van der Waals surface area contributed by atoms with Crippen molar-refractivity contribution in [2.45, 2.75) is 19.1 Å². The van der Waals surface area contributed by atoms with Gasteiger partial charge >= 0.3 is 18.2 Å². The molecule has 3 N–H and O–H groups in total. The van der Waals surface area contributed by atoms with Crippen molar-refractivity contribution in [3.05, 3.63) is 70.9 Å². The average molecular weight is 532 g/mol. The summed E-state index contributed by atoms with van der Waals surface area (Å²) in [6, 6.07) is 8.57. The molecule has 0 aliphatic carbocycles. The van der Waals surface area contributed by atoms with Gasteiger partial charge in [-0.05, 0) is 49.9 Å². The van der Waals surface area contributed by atoms with Crippen molar-refractivity contribution in [3.8, 4) is 0 Å². The number of piperazine rings is 1. The summed E-state index contributed by atoms with van der Waals surface area (Å²) in [5, 5.41) is 9.67. The molecular formula is C26H28F3N5O4. The molecule has 1 fully saturated rings. The number of nitrogens with two attached hydrogens (primary N) is 1. The van der Waals surface area contributed by atoms with Gasteiger partial charge in [-0.3, -0.25) is 14.5 Å². The van der Waals surface area contributed by atoms with Gasteiger partial charge in [0.15, 0.2) is 0 Å². The third-order valence-corrected chi connectivity index (χ3v) is 6.76. The van der Waals surface area contributed by atoms with Crippen molar-refractivity contribution in [1.29, 1.82) is 0 Å². The molecule has 9 nitrogen and oxygen atoms in total. The lowest BCUT2D eigenvalue weighted by atomic mass is 9.91. The largest absolute Gasteiger partial charge is 0.480 e. The first-order valence-corrected chi connectivity index (χ1v) is 11.9. The Morgan fingerprint density at radius 2 is 1.68 bits per heavy atom. The number of nitrogen functional groups attached to an aromatic ring is 1. The predicted octanol–water partition coefficient (Wildman–Crippen LogP) is 3.40. The molecule has 2 aliphatic rings. The van der Waals surface area contributed by atoms with Crippen LogP contribution in [0.25, 0.3) is 0 Å². The number of nitrogens with zero attached hydrogens (tertiary/aromatic N) is 4. The van der Waals surface area contributed by atoms with Gasteiger partial charge in [-0.25, -0.2) is 4.79 Å². The van der Waals surface area contributed by atoms with E-state index in [1.807, 2.05) is 7.05 Å². The van der Waals surface area contributed by atoms with Crippen molar-refractivity contribution in [1.82, 2.24) is 14.7 Å². The zero-order valence-corrected chi connectivity index (χ0v) is 20.9. The van der Waals surface area contributed by atoms with E-state index in [9.17, 15) is 32.7 Å². The summed E-state index contributed by atoms with van der Waals surface area (Å²) in [6.07, 6.45) is -4.67. The lowest BCUT2D eigenvalue weighted by Gasteiger charge is -2.44. The average Bonchev–Trinajstić information content (AvgIpc) is 2.86. The number of carbonyl (C=O) groups is 3. The van der Waals surface area contributed by atoms with Crippen LogP contribution in [0.5, 0.6) is 0 Å². The number of benzene rings is 2. The fourth-order valence-corrected chi connectivity index (χ4v) is 4.76. The number of hydrogen-bond donors (Lipinski definition) is 2. The summed E-state index contributed by atoms with van der Waals surface area (Å²) in [5.74, 6) is -1.76. The number of hydrogen-bond acceptors (Lipinski definition) is 5. The molecule has 2 heterocycles. The number of urea groups is 1. The molecule has 2 aromatic rings. The third kappa shape index (κ3) is 5.30. The second-order valence-electron chi connectivity index (χ2n) is 9.35. The zero-order valence-electron chi connectivity index (χ0n) is 20.9. The monoisotopic (exact) mass is 531 g/mol. The molecule has 2 aromatic carbocycles. The van der Waals surface area contributed by atoms with Crippen LogP contribution in [0.4, 0.5) is 29.3 Å². The van der Waals surface area contributed by atoms with Crippen LogP contribution in [-0.2, 0) is 15.8 Å². The maximum atomic E-state index is 14.0. The van der Waals surface area contributed by atoms with Gasteiger partial charge in [0.25, 0.3) is 5.91 Å². The van der Waals surface area contributed by atoms with Crippen molar-refractivity contribution >= 4 is 29.3 Å². The maximum Gasteiger partial charge on any atom is 0.416 e. The summed E-state index contributed by atoms with van der Waals surface area (Å²) in [6.45, 7) is 2.73. The normalized spacial score (nSPS) is 19.2. The molecule has 2 aliphatic heterocycles. The molecule has 3 amide bonds. The molecule has 0 spiro atoms. The number of amides is 3. The topological polar surface area (TPSA) is 110 Å². The maximum absolute atomic E-state index is 14.0. The van der Waals surface area contributed by atoms with Crippen molar-refractivity contribution in [2.75, 3.05) is 50.4 Å². The van der Waals surface area contributed by atoms with Gasteiger partial charge in [0.2, 0.25) is 0 Å². The van der Waals surface area contributed by atoms with Gasteiger partial charge in [0.1, 0.15) is 6.54 Å². The van der Waals surface area contributed by atoms with E-state index in [2.05, 4.69) is 4.90 Å². The number of carbonyl (C=O) groups excluding carboxylic acids is 2. The number of halogens is 3. The number of rotatable bonds is 5. The number of carboxylic acid groups (broad SMARTS) is 1. The summed E-state index contributed by atoms with van der Waals surface area (Å²) in [7, 11) is 1.92. The number of anilines is 2. The molecule has 4 rings (SSSR count). The highest BCUT2D eigenvalue weighted by Gasteiger charge is 2.44. The highest BCUT2D eigenvalue weighted by atomic mass is 19.4. The van der Waals surface area contributed by atoms with Gasteiger partial charge in [-0.15, -0.1) is 0 Å². The second-order valence-corrected chi connectivity index (χ2v) is 9.35. The van der Waals surface area contributed by atoms with Gasteiger partial charge in [-0.2, -0.15) is 13.2 Å². The van der Waals surface area contributed by atoms with Crippen molar-refractivity contribution in [3.63, 3.8) is 0 Å². The van der Waals surface area contributed by atoms with Crippen LogP contribution in [0.2, 0.25) is 0 Å². The van der Waals surface area contributed by atoms with Crippen LogP contribution in [0, 0.1) is 0 Å². The number of aliphatic carboxylic acids is 1. The van der Waals surface area contributed by atoms with Crippen LogP contribution in [-0.4, -0.2) is 77.5 Å². The molecule has 38 heavy (non-hydrogen) atoms. The van der Waals surface area contributed by atoms with E-state index in [0.717, 1.165) is 28.0 Å². The highest BCUT2D eigenvalue weighted by molar-refractivity contribution is 6.05. The molecule has 0 aromatic heterocycles. The van der Waals surface area contributed by atoms with Gasteiger partial charge < -0.3 is 25.5 Å². The number of likely N-dealkylation sites (N-methyl/N-ethyl adjacent to an activating group) is 1. The van der Waals surface area contributed by atoms with E-state index in [1.54, 1.807) is 29.2 Å². The molecule has 0 unspecified atom stereocenters. The van der Waals surface area contributed by atoms with Crippen molar-refractivity contribution < 1.29 is 32.7 Å². The fourth-order valence-electron chi connectivity index (χ4n) is 4.76. The Labute approximate surface area is 217 Å². The number of carboxylic acids is 1. The Bertz CT molecular complexity index is 1270. The van der Waals surface area contributed by atoms with Crippen molar-refractivity contribution in [2.24, 2.45) is 0 Å². The first kappa shape index (κ1) is 27.0. The summed E-state index contributed by atoms with van der Waals surface area (Å²) < 4.78 is 40.5. The summed E-state index contributed by atoms with van der Waals surface area (Å²) in [4.78, 5) is 45.3. The minimum Gasteiger partial charge on any atom is -0.480 e. The fraction of sp³-hybridized carbons (Fsp3) is 0.346. The smallest absolute Gasteiger partial charge is 0.416 e. The van der Waals surface area contributed by atoms with Crippen LogP contribution in [0.1, 0.15) is 24.1 Å². The molecular weight excluding hydrogens is 503 g/mol. The van der Waals surface area contributed by atoms with Gasteiger partial charge in [0, 0.05) is 37.6 Å². The quantitative estimate of drug-likeness (QED) is 0.573. The molecule has 0 radical (unpaired) electrons. The minimum absolute atomic E-state index is 0.109. The molecule has 1 saturated heterocycles. The molecule has 12 heteroatoms. The van der Waals surface area contributed by atoms with E-state index in [0.29, 0.717) is 37.4 Å². The predicted molar refractivity (Wildman–Crippen MR) is 134 cm³/mol. The Morgan fingerprint density at radius 3 is 2.26 bits per heavy atom. The minimum atomic E-state index is -4.67. The van der Waals surface area contributed by atoms with Gasteiger partial charge in [0.05, 0.1) is 22.9 Å². The van der Waals surface area contributed by atoms with E-state index in [-0.39, 0.29) is 17.0 Å². The Hall–Kier alpha value is -4.06. The van der Waals surface area contributed by atoms with Crippen LogP contribution < -0.4 is 10.6 Å². The van der Waals surface area contributed by atoms with E-state index < -0.39 is 42.2 Å². The SMILES string of the molecule is CC1=C(C(=O)N2CCN(C)CC2)[C@@H](c2ccc(N)cc2)N(CC(=O)O)C(=O)N1c1cccc(C(F)(F)F)c1. The number of alkyl halides is 3. The molecule has 1 atom stereocenters. The standard InChI is InChI=1S/C26H28F3N5O4/c1-16-22(24(37)32-12-10-31(2)11-13-32)23(17-6-8-19(30)9-7-17)33(15-21(35)36)25(38)34(16)20-5-3-4-18(14-20)26(27,28)29/h3-9,14,23H,10-13,15,30H2,1-2H3,(H,35,36)/t23-/m1/s1. The third-order valence-electron chi connectivity index (χ3n) is 6.76. The molecule has 202 valence electrons.